The summed E-state index contributed by atoms with van der Waals surface area (Å²) in [6.07, 6.45) is -0.784. The van der Waals surface area contributed by atoms with Gasteiger partial charge in [0.25, 0.3) is 5.91 Å². The number of unbranched alkanes of at least 4 members (excludes halogenated alkanes) is 2. The van der Waals surface area contributed by atoms with Crippen LogP contribution in [0.25, 0.3) is 11.2 Å². The van der Waals surface area contributed by atoms with Gasteiger partial charge in [-0.2, -0.15) is 0 Å². The van der Waals surface area contributed by atoms with Gasteiger partial charge in [0, 0.05) is 6.54 Å². The van der Waals surface area contributed by atoms with Gasteiger partial charge in [0.15, 0.2) is 29.3 Å². The predicted molar refractivity (Wildman–Crippen MR) is 146 cm³/mol. The Hall–Kier alpha value is -3.86. The van der Waals surface area contributed by atoms with Crippen LogP contribution < -0.4 is 20.7 Å². The molecular formula is C24H32N8O7S. The number of hydrogen-bond acceptors (Lipinski definition) is 10. The number of aromatic nitrogens is 4. The molecule has 1 aliphatic heterocycles. The third-order valence-electron chi connectivity index (χ3n) is 6.17. The molecule has 1 aliphatic rings. The number of anilines is 3. The summed E-state index contributed by atoms with van der Waals surface area (Å²) in [5.41, 5.74) is 0.745. The zero-order chi connectivity index (χ0) is 28.9. The maximum atomic E-state index is 12.9. The lowest BCUT2D eigenvalue weighted by Gasteiger charge is -2.16. The van der Waals surface area contributed by atoms with E-state index in [0.717, 1.165) is 19.2 Å². The summed E-state index contributed by atoms with van der Waals surface area (Å²) in [6, 6.07) is 5.64. The van der Waals surface area contributed by atoms with E-state index < -0.39 is 46.5 Å². The molecule has 4 rings (SSSR count). The Morgan fingerprint density at radius 3 is 2.50 bits per heavy atom. The van der Waals surface area contributed by atoms with E-state index in [4.69, 9.17) is 4.74 Å². The number of nitrogens with one attached hydrogen (secondary N) is 4. The molecule has 1 fully saturated rings. The smallest absolute Gasteiger partial charge is 0.324 e. The van der Waals surface area contributed by atoms with Gasteiger partial charge < -0.3 is 25.6 Å². The van der Waals surface area contributed by atoms with Crippen LogP contribution in [0.2, 0.25) is 0 Å². The second kappa shape index (κ2) is 12.5. The van der Waals surface area contributed by atoms with E-state index in [9.17, 15) is 28.2 Å². The van der Waals surface area contributed by atoms with Crippen molar-refractivity contribution in [1.29, 1.82) is 0 Å². The van der Waals surface area contributed by atoms with Crippen LogP contribution >= 0.6 is 0 Å². The van der Waals surface area contributed by atoms with Crippen LogP contribution in [-0.2, 0) is 19.6 Å². The number of aliphatic hydroxyl groups is 2. The number of rotatable bonds is 11. The van der Waals surface area contributed by atoms with Gasteiger partial charge in [-0.25, -0.2) is 28.2 Å². The molecule has 0 spiro atoms. The molecule has 1 aromatic carbocycles. The lowest BCUT2D eigenvalue weighted by atomic mass is 10.1. The number of benzene rings is 1. The molecule has 40 heavy (non-hydrogen) atoms. The zero-order valence-corrected chi connectivity index (χ0v) is 22.8. The molecular weight excluding hydrogens is 544 g/mol. The summed E-state index contributed by atoms with van der Waals surface area (Å²) >= 11 is 0. The number of carbonyl (C=O) groups excluding carboxylic acids is 2. The minimum atomic E-state index is -3.61. The Kier molecular flexibility index (Phi) is 9.14. The average molecular weight is 577 g/mol. The van der Waals surface area contributed by atoms with Crippen LogP contribution in [-0.4, -0.2) is 80.7 Å². The van der Waals surface area contributed by atoms with E-state index in [2.05, 4.69) is 35.6 Å². The van der Waals surface area contributed by atoms with Crippen molar-refractivity contribution in [2.75, 3.05) is 27.7 Å². The molecule has 16 heteroatoms. The van der Waals surface area contributed by atoms with Crippen molar-refractivity contribution in [3.05, 3.63) is 36.9 Å². The van der Waals surface area contributed by atoms with E-state index in [-0.39, 0.29) is 34.1 Å². The maximum absolute atomic E-state index is 12.9. The number of likely N-dealkylation sites (N-methyl/N-ethyl adjacent to an activating group) is 1. The molecule has 0 aliphatic carbocycles. The second-order valence-electron chi connectivity index (χ2n) is 9.12. The van der Waals surface area contributed by atoms with Gasteiger partial charge >= 0.3 is 6.03 Å². The van der Waals surface area contributed by atoms with Crippen molar-refractivity contribution >= 4 is 50.3 Å². The number of fused-ring (bicyclic) bond motifs is 1. The first-order valence-electron chi connectivity index (χ1n) is 12.8. The fourth-order valence-electron chi connectivity index (χ4n) is 4.21. The van der Waals surface area contributed by atoms with Crippen molar-refractivity contribution in [3.8, 4) is 0 Å². The monoisotopic (exact) mass is 576 g/mol. The number of imidazole rings is 1. The summed E-state index contributed by atoms with van der Waals surface area (Å²) in [5, 5.41) is 28.6. The predicted octanol–water partition coefficient (Wildman–Crippen LogP) is 1.16. The quantitative estimate of drug-likeness (QED) is 0.179. The Morgan fingerprint density at radius 1 is 1.02 bits per heavy atom. The largest absolute Gasteiger partial charge is 0.387 e. The van der Waals surface area contributed by atoms with E-state index >= 15 is 0 Å². The highest BCUT2D eigenvalue weighted by Crippen LogP contribution is 2.32. The van der Waals surface area contributed by atoms with E-state index in [1.807, 2.05) is 6.92 Å². The van der Waals surface area contributed by atoms with Crippen LogP contribution in [0, 0.1) is 0 Å². The number of urea groups is 1. The maximum Gasteiger partial charge on any atom is 0.324 e. The Balaban J connectivity index is 1.49. The summed E-state index contributed by atoms with van der Waals surface area (Å²) in [4.78, 5) is 37.5. The highest BCUT2D eigenvalue weighted by atomic mass is 32.2. The van der Waals surface area contributed by atoms with E-state index in [1.54, 1.807) is 25.1 Å². The van der Waals surface area contributed by atoms with Gasteiger partial charge in [0.2, 0.25) is 10.0 Å². The molecule has 0 unspecified atom stereocenters. The topological polar surface area (TPSA) is 210 Å². The molecule has 15 nitrogen and oxygen atoms in total. The van der Waals surface area contributed by atoms with E-state index in [0.29, 0.717) is 13.0 Å². The number of carbonyl (C=O) groups is 2. The molecule has 2 aromatic heterocycles. The summed E-state index contributed by atoms with van der Waals surface area (Å²) < 4.78 is 34.4. The molecule has 0 saturated carbocycles. The molecule has 1 saturated heterocycles. The number of sulfonamides is 1. The van der Waals surface area contributed by atoms with Crippen molar-refractivity contribution in [1.82, 2.24) is 24.8 Å². The van der Waals surface area contributed by atoms with Gasteiger partial charge in [0.1, 0.15) is 18.5 Å². The highest BCUT2D eigenvalue weighted by Gasteiger charge is 2.47. The van der Waals surface area contributed by atoms with Crippen LogP contribution in [0.1, 0.15) is 39.3 Å². The lowest BCUT2D eigenvalue weighted by Crippen LogP contribution is -2.42. The number of ether oxygens (including phenoxy) is 1. The van der Waals surface area contributed by atoms with Crippen LogP contribution in [0.15, 0.2) is 36.9 Å². The van der Waals surface area contributed by atoms with Gasteiger partial charge in [0.05, 0.1) is 23.5 Å². The third kappa shape index (κ3) is 6.47. The molecule has 3 aromatic rings. The van der Waals surface area contributed by atoms with Crippen molar-refractivity contribution in [2.45, 2.75) is 57.6 Å². The lowest BCUT2D eigenvalue weighted by molar-refractivity contribution is -0.137. The highest BCUT2D eigenvalue weighted by molar-refractivity contribution is 7.92. The number of amides is 3. The Labute approximate surface area is 230 Å². The zero-order valence-electron chi connectivity index (χ0n) is 21.9. The first-order chi connectivity index (χ1) is 19.1. The molecule has 3 amide bonds. The third-order valence-corrected chi connectivity index (χ3v) is 7.53. The SMILES string of the molecule is CCCCCS(=O)(=O)Nc1ccccc1NC(=O)Nc1ncnc2c1ncn2[C@@H]1O[C@H](C(=O)NCC)[C@@H](O)[C@H]1O. The molecule has 3 heterocycles. The van der Waals surface area contributed by atoms with E-state index in [1.165, 1.54) is 17.0 Å². The van der Waals surface area contributed by atoms with Gasteiger partial charge in [-0.05, 0) is 25.5 Å². The van der Waals surface area contributed by atoms with Gasteiger partial charge in [-0.3, -0.25) is 19.4 Å². The first-order valence-corrected chi connectivity index (χ1v) is 14.4. The number of hydrogen-bond donors (Lipinski definition) is 6. The molecule has 0 bridgehead atoms. The first kappa shape index (κ1) is 29.1. The number of para-hydroxylation sites is 2. The molecule has 216 valence electrons. The fourth-order valence-corrected chi connectivity index (χ4v) is 5.41. The van der Waals surface area contributed by atoms with Crippen molar-refractivity contribution < 1.29 is 33.0 Å². The van der Waals surface area contributed by atoms with Gasteiger partial charge in [-0.15, -0.1) is 0 Å². The summed E-state index contributed by atoms with van der Waals surface area (Å²) in [5.74, 6) is -0.589. The number of aliphatic hydroxyl groups excluding tert-OH is 2. The molecule has 6 N–H and O–H groups in total. The minimum Gasteiger partial charge on any atom is -0.387 e. The normalized spacial score (nSPS) is 20.8. The van der Waals surface area contributed by atoms with Crippen molar-refractivity contribution in [2.24, 2.45) is 0 Å². The fraction of sp³-hybridized carbons (Fsp3) is 0.458. The average Bonchev–Trinajstić information content (AvgIpc) is 3.47. The Morgan fingerprint density at radius 2 is 1.77 bits per heavy atom. The molecule has 4 atom stereocenters. The standard InChI is InChI=1S/C24H32N8O7S/c1-3-5-8-11-40(37,38)31-15-10-7-6-9-14(15)29-24(36)30-20-16-21(27-12-26-20)32(13-28-16)23-18(34)17(33)19(39-23)22(35)25-4-2/h6-7,9-10,12-13,17-19,23,31,33-34H,3-5,8,11H2,1-2H3,(H,25,35)(H2,26,27,29,30,36)/t17-,18+,19-,23+/m0/s1. The molecule has 0 radical (unpaired) electrons. The van der Waals surface area contributed by atoms with Gasteiger partial charge in [-0.1, -0.05) is 31.9 Å². The minimum absolute atomic E-state index is 0.0205. The number of nitrogens with zero attached hydrogens (tertiary/aromatic N) is 4. The second-order valence-corrected chi connectivity index (χ2v) is 11.0. The van der Waals surface area contributed by atoms with Crippen LogP contribution in [0.3, 0.4) is 0 Å². The van der Waals surface area contributed by atoms with Crippen LogP contribution in [0.5, 0.6) is 0 Å². The van der Waals surface area contributed by atoms with Crippen LogP contribution in [0.4, 0.5) is 22.0 Å². The summed E-state index contributed by atoms with van der Waals surface area (Å²) in [7, 11) is -3.61. The summed E-state index contributed by atoms with van der Waals surface area (Å²) in [6.45, 7) is 4.01. The Bertz CT molecular complexity index is 1460. The van der Waals surface area contributed by atoms with Crippen molar-refractivity contribution in [3.63, 3.8) is 0 Å².